The van der Waals surface area contributed by atoms with E-state index in [2.05, 4.69) is 15.6 Å². The number of hydrogen-bond donors (Lipinski definition) is 3. The molecule has 0 radical (unpaired) electrons. The molecule has 2 aromatic rings. The highest BCUT2D eigenvalue weighted by Gasteiger charge is 2.21. The summed E-state index contributed by atoms with van der Waals surface area (Å²) in [6.07, 6.45) is 2.73. The first-order valence-corrected chi connectivity index (χ1v) is 8.19. The molecule has 3 rings (SSSR count). The third kappa shape index (κ3) is 3.45. The summed E-state index contributed by atoms with van der Waals surface area (Å²) in [5, 5.41) is 16.7. The van der Waals surface area contributed by atoms with Gasteiger partial charge in [-0.15, -0.1) is 11.3 Å². The van der Waals surface area contributed by atoms with Crippen LogP contribution in [0.3, 0.4) is 0 Å². The number of aromatic nitrogens is 1. The lowest BCUT2D eigenvalue weighted by molar-refractivity contribution is -0.119. The van der Waals surface area contributed by atoms with Crippen LogP contribution in [0.2, 0.25) is 0 Å². The monoisotopic (exact) mass is 317 g/mol. The van der Waals surface area contributed by atoms with Crippen LogP contribution in [-0.4, -0.2) is 16.0 Å². The number of aliphatic hydroxyl groups is 1. The maximum Gasteiger partial charge on any atom is 0.220 e. The lowest BCUT2D eigenvalue weighted by Crippen LogP contribution is -2.18. The first-order valence-electron chi connectivity index (χ1n) is 7.37. The Kier molecular flexibility index (Phi) is 4.40. The summed E-state index contributed by atoms with van der Waals surface area (Å²) in [5.41, 5.74) is 2.16. The minimum atomic E-state index is -0.466. The molecule has 0 bridgehead atoms. The summed E-state index contributed by atoms with van der Waals surface area (Å²) in [4.78, 5) is 16.4. The van der Waals surface area contributed by atoms with Gasteiger partial charge in [0, 0.05) is 18.3 Å². The highest BCUT2D eigenvalue weighted by atomic mass is 32.1. The molecule has 1 amide bonds. The zero-order valence-electron chi connectivity index (χ0n) is 12.4. The molecule has 1 aromatic carbocycles. The Labute approximate surface area is 133 Å². The third-order valence-electron chi connectivity index (χ3n) is 3.74. The van der Waals surface area contributed by atoms with Gasteiger partial charge < -0.3 is 15.7 Å². The predicted octanol–water partition coefficient (Wildman–Crippen LogP) is 2.76. The molecular weight excluding hydrogens is 298 g/mol. The molecule has 0 aliphatic carbocycles. The summed E-state index contributed by atoms with van der Waals surface area (Å²) in [6.45, 7) is 2.38. The first-order chi connectivity index (χ1) is 10.6. The number of rotatable bonds is 5. The molecular formula is C16H19N3O2S. The number of hydrogen-bond acceptors (Lipinski definition) is 5. The summed E-state index contributed by atoms with van der Waals surface area (Å²) >= 11 is 1.51. The largest absolute Gasteiger partial charge is 0.388 e. The van der Waals surface area contributed by atoms with E-state index in [0.29, 0.717) is 13.0 Å². The number of thiazole rings is 1. The Hall–Kier alpha value is -1.92. The van der Waals surface area contributed by atoms with Crippen LogP contribution in [-0.2, 0) is 11.3 Å². The molecule has 5 nitrogen and oxygen atoms in total. The molecule has 1 aliphatic heterocycles. The van der Waals surface area contributed by atoms with E-state index in [4.69, 9.17) is 0 Å². The second-order valence-electron chi connectivity index (χ2n) is 5.47. The lowest BCUT2D eigenvalue weighted by atomic mass is 10.1. The number of nitrogens with one attached hydrogen (secondary N) is 2. The van der Waals surface area contributed by atoms with Crippen molar-refractivity contribution < 1.29 is 9.90 Å². The van der Waals surface area contributed by atoms with E-state index in [9.17, 15) is 9.90 Å². The maximum atomic E-state index is 11.3. The Morgan fingerprint density at radius 1 is 1.45 bits per heavy atom. The molecule has 1 aromatic heterocycles. The van der Waals surface area contributed by atoms with E-state index >= 15 is 0 Å². The van der Waals surface area contributed by atoms with Crippen molar-refractivity contribution in [3.8, 4) is 0 Å². The minimum Gasteiger partial charge on any atom is -0.388 e. The first kappa shape index (κ1) is 15.0. The summed E-state index contributed by atoms with van der Waals surface area (Å²) in [5.74, 6) is 0.130. The number of benzene rings is 1. The lowest BCUT2D eigenvalue weighted by Gasteiger charge is -2.11. The molecule has 2 heterocycles. The second-order valence-corrected chi connectivity index (χ2v) is 6.61. The van der Waals surface area contributed by atoms with Crippen molar-refractivity contribution in [2.75, 3.05) is 5.32 Å². The van der Waals surface area contributed by atoms with Crippen LogP contribution >= 0.6 is 11.3 Å². The fraction of sp³-hybridized carbons (Fsp3) is 0.375. The number of aliphatic hydroxyl groups excluding tert-OH is 1. The summed E-state index contributed by atoms with van der Waals surface area (Å²) in [7, 11) is 0. The molecule has 116 valence electrons. The fourth-order valence-electron chi connectivity index (χ4n) is 2.47. The van der Waals surface area contributed by atoms with Gasteiger partial charge in [0.05, 0.1) is 23.6 Å². The van der Waals surface area contributed by atoms with Crippen LogP contribution < -0.4 is 10.6 Å². The van der Waals surface area contributed by atoms with Crippen LogP contribution in [0.1, 0.15) is 47.4 Å². The van der Waals surface area contributed by atoms with Crippen molar-refractivity contribution in [1.29, 1.82) is 0 Å². The Balaban J connectivity index is 1.57. The van der Waals surface area contributed by atoms with Crippen molar-refractivity contribution in [3.05, 3.63) is 45.9 Å². The average Bonchev–Trinajstić information content (AvgIpc) is 3.15. The predicted molar refractivity (Wildman–Crippen MR) is 86.6 cm³/mol. The SMILES string of the molecule is CC(O)c1cnc(CNc2ccc(C3CCC(=O)N3)cc2)s1. The summed E-state index contributed by atoms with van der Waals surface area (Å²) in [6, 6.07) is 8.27. The highest BCUT2D eigenvalue weighted by molar-refractivity contribution is 7.11. The van der Waals surface area contributed by atoms with Gasteiger partial charge in [0.25, 0.3) is 0 Å². The molecule has 6 heteroatoms. The van der Waals surface area contributed by atoms with Crippen molar-refractivity contribution in [2.45, 2.75) is 38.5 Å². The van der Waals surface area contributed by atoms with Gasteiger partial charge in [-0.25, -0.2) is 4.98 Å². The van der Waals surface area contributed by atoms with Gasteiger partial charge in [0.15, 0.2) is 0 Å². The maximum absolute atomic E-state index is 11.3. The van der Waals surface area contributed by atoms with Crippen LogP contribution in [0.15, 0.2) is 30.5 Å². The number of anilines is 1. The van der Waals surface area contributed by atoms with E-state index in [-0.39, 0.29) is 11.9 Å². The molecule has 0 spiro atoms. The standard InChI is InChI=1S/C16H19N3O2S/c1-10(20)14-8-18-16(22-14)9-17-12-4-2-11(3-5-12)13-6-7-15(21)19-13/h2-5,8,10,13,17,20H,6-7,9H2,1H3,(H,19,21). The molecule has 22 heavy (non-hydrogen) atoms. The van der Waals surface area contributed by atoms with Gasteiger partial charge in [0.2, 0.25) is 5.91 Å². The normalized spacial score (nSPS) is 19.0. The number of carbonyl (C=O) groups excluding carboxylic acids is 1. The van der Waals surface area contributed by atoms with Crippen molar-refractivity contribution in [3.63, 3.8) is 0 Å². The Bertz CT molecular complexity index is 652. The highest BCUT2D eigenvalue weighted by Crippen LogP contribution is 2.25. The van der Waals surface area contributed by atoms with Crippen LogP contribution in [0.4, 0.5) is 5.69 Å². The van der Waals surface area contributed by atoms with E-state index < -0.39 is 6.10 Å². The zero-order valence-corrected chi connectivity index (χ0v) is 13.2. The van der Waals surface area contributed by atoms with E-state index in [1.54, 1.807) is 13.1 Å². The Morgan fingerprint density at radius 3 is 2.82 bits per heavy atom. The molecule has 2 atom stereocenters. The van der Waals surface area contributed by atoms with Gasteiger partial charge in [-0.1, -0.05) is 12.1 Å². The second kappa shape index (κ2) is 6.46. The molecule has 1 saturated heterocycles. The number of nitrogens with zero attached hydrogens (tertiary/aromatic N) is 1. The number of carbonyl (C=O) groups is 1. The van der Waals surface area contributed by atoms with Crippen molar-refractivity contribution in [2.24, 2.45) is 0 Å². The molecule has 1 aliphatic rings. The Morgan fingerprint density at radius 2 is 2.23 bits per heavy atom. The number of amides is 1. The topological polar surface area (TPSA) is 74.2 Å². The molecule has 0 saturated carbocycles. The quantitative estimate of drug-likeness (QED) is 0.793. The molecule has 3 N–H and O–H groups in total. The van der Waals surface area contributed by atoms with E-state index in [1.165, 1.54) is 11.3 Å². The van der Waals surface area contributed by atoms with Crippen LogP contribution in [0.25, 0.3) is 0 Å². The van der Waals surface area contributed by atoms with Crippen molar-refractivity contribution >= 4 is 22.9 Å². The van der Waals surface area contributed by atoms with Crippen LogP contribution in [0.5, 0.6) is 0 Å². The van der Waals surface area contributed by atoms with E-state index in [1.807, 2.05) is 24.3 Å². The van der Waals surface area contributed by atoms with E-state index in [0.717, 1.165) is 27.6 Å². The zero-order chi connectivity index (χ0) is 15.5. The third-order valence-corrected chi connectivity index (χ3v) is 4.90. The fourth-order valence-corrected chi connectivity index (χ4v) is 3.27. The minimum absolute atomic E-state index is 0.130. The van der Waals surface area contributed by atoms with Gasteiger partial charge in [0.1, 0.15) is 5.01 Å². The average molecular weight is 317 g/mol. The smallest absolute Gasteiger partial charge is 0.220 e. The van der Waals surface area contributed by atoms with Gasteiger partial charge >= 0.3 is 0 Å². The van der Waals surface area contributed by atoms with Gasteiger partial charge in [-0.3, -0.25) is 4.79 Å². The van der Waals surface area contributed by atoms with Gasteiger partial charge in [-0.05, 0) is 31.0 Å². The molecule has 1 fully saturated rings. The van der Waals surface area contributed by atoms with Gasteiger partial charge in [-0.2, -0.15) is 0 Å². The van der Waals surface area contributed by atoms with Crippen LogP contribution in [0, 0.1) is 0 Å². The summed E-state index contributed by atoms with van der Waals surface area (Å²) < 4.78 is 0. The van der Waals surface area contributed by atoms with Crippen molar-refractivity contribution in [1.82, 2.24) is 10.3 Å². The molecule has 2 unspecified atom stereocenters.